The average Bonchev–Trinajstić information content (AvgIpc) is 2.71. The molecule has 0 spiro atoms. The van der Waals surface area contributed by atoms with Gasteiger partial charge in [-0.15, -0.1) is 0 Å². The summed E-state index contributed by atoms with van der Waals surface area (Å²) in [7, 11) is 0. The second-order valence-corrected chi connectivity index (χ2v) is 8.03. The Kier molecular flexibility index (Phi) is 7.31. The van der Waals surface area contributed by atoms with E-state index in [9.17, 15) is 22.4 Å². The molecule has 7 heteroatoms. The van der Waals surface area contributed by atoms with Crippen molar-refractivity contribution in [3.8, 4) is 0 Å². The van der Waals surface area contributed by atoms with Crippen molar-refractivity contribution in [3.63, 3.8) is 0 Å². The fourth-order valence-corrected chi connectivity index (χ4v) is 3.51. The zero-order valence-corrected chi connectivity index (χ0v) is 18.5. The minimum atomic E-state index is -4.50. The van der Waals surface area contributed by atoms with Crippen LogP contribution in [-0.2, 0) is 6.54 Å². The number of alkyl halides is 3. The molecule has 3 aromatic rings. The Morgan fingerprint density at radius 3 is 2.30 bits per heavy atom. The minimum Gasteiger partial charge on any atom is -0.348 e. The van der Waals surface area contributed by atoms with Crippen LogP contribution in [0.15, 0.2) is 60.8 Å². The molecule has 3 rings (SSSR count). The van der Waals surface area contributed by atoms with Gasteiger partial charge in [0.2, 0.25) is 0 Å². The fourth-order valence-electron chi connectivity index (χ4n) is 3.51. The molecule has 33 heavy (non-hydrogen) atoms. The summed E-state index contributed by atoms with van der Waals surface area (Å²) in [4.78, 5) is 16.5. The molecule has 1 N–H and O–H groups in total. The highest BCUT2D eigenvalue weighted by atomic mass is 19.4. The zero-order valence-electron chi connectivity index (χ0n) is 18.5. The average molecular weight is 456 g/mol. The number of carbonyl (C=O) groups is 1. The van der Waals surface area contributed by atoms with Crippen molar-refractivity contribution in [2.24, 2.45) is 0 Å². The summed E-state index contributed by atoms with van der Waals surface area (Å²) in [6.45, 7) is 5.49. The molecule has 1 aromatic heterocycles. The molecule has 1 heterocycles. The number of carbonyl (C=O) groups excluding carboxylic acids is 1. The van der Waals surface area contributed by atoms with Crippen molar-refractivity contribution in [3.05, 3.63) is 106 Å². The van der Waals surface area contributed by atoms with Gasteiger partial charge in [-0.2, -0.15) is 13.2 Å². The first kappa shape index (κ1) is 24.2. The molecule has 1 amide bonds. The van der Waals surface area contributed by atoms with Gasteiger partial charge in [0.1, 0.15) is 5.82 Å². The SMILES string of the molecule is Cc1cc(C)cc(C(/C=C/c2ccc(C(=O)NCc3ccc(C)nc3)c(F)c2)C(F)(F)F)c1. The predicted molar refractivity (Wildman–Crippen MR) is 120 cm³/mol. The van der Waals surface area contributed by atoms with Crippen LogP contribution in [0.2, 0.25) is 0 Å². The molecule has 0 aliphatic rings. The number of aryl methyl sites for hydroxylation is 3. The van der Waals surface area contributed by atoms with E-state index in [0.29, 0.717) is 0 Å². The lowest BCUT2D eigenvalue weighted by Crippen LogP contribution is -2.24. The lowest BCUT2D eigenvalue weighted by molar-refractivity contribution is -0.139. The van der Waals surface area contributed by atoms with Crippen molar-refractivity contribution in [1.82, 2.24) is 10.3 Å². The number of nitrogens with zero attached hydrogens (tertiary/aromatic N) is 1. The van der Waals surface area contributed by atoms with E-state index in [-0.39, 0.29) is 23.2 Å². The number of pyridine rings is 1. The van der Waals surface area contributed by atoms with E-state index in [4.69, 9.17) is 0 Å². The number of rotatable bonds is 6. The maximum Gasteiger partial charge on any atom is 0.399 e. The van der Waals surface area contributed by atoms with Crippen LogP contribution < -0.4 is 5.32 Å². The van der Waals surface area contributed by atoms with E-state index in [1.165, 1.54) is 30.3 Å². The Morgan fingerprint density at radius 1 is 1.03 bits per heavy atom. The summed E-state index contributed by atoms with van der Waals surface area (Å²) in [5, 5.41) is 2.61. The first-order valence-electron chi connectivity index (χ1n) is 10.4. The number of nitrogens with one attached hydrogen (secondary N) is 1. The van der Waals surface area contributed by atoms with Gasteiger partial charge in [0, 0.05) is 18.4 Å². The lowest BCUT2D eigenvalue weighted by Gasteiger charge is -2.18. The van der Waals surface area contributed by atoms with Gasteiger partial charge in [-0.25, -0.2) is 4.39 Å². The Balaban J connectivity index is 1.76. The second kappa shape index (κ2) is 9.98. The van der Waals surface area contributed by atoms with Gasteiger partial charge in [0.15, 0.2) is 0 Å². The van der Waals surface area contributed by atoms with Crippen molar-refractivity contribution in [2.75, 3.05) is 0 Å². The number of hydrogen-bond acceptors (Lipinski definition) is 2. The standard InChI is InChI=1S/C26H24F4N2O/c1-16-10-17(2)12-21(11-16)23(26(28,29)30)9-7-19-6-8-22(24(27)13-19)25(33)32-15-20-5-4-18(3)31-14-20/h4-14,23H,15H2,1-3H3,(H,32,33)/b9-7+. The molecule has 2 aromatic carbocycles. The van der Waals surface area contributed by atoms with Crippen LogP contribution in [0.1, 0.15) is 49.8 Å². The Morgan fingerprint density at radius 2 is 1.73 bits per heavy atom. The molecule has 0 radical (unpaired) electrons. The van der Waals surface area contributed by atoms with Crippen LogP contribution in [0.3, 0.4) is 0 Å². The van der Waals surface area contributed by atoms with E-state index in [1.54, 1.807) is 38.2 Å². The van der Waals surface area contributed by atoms with Crippen LogP contribution in [0.5, 0.6) is 0 Å². The van der Waals surface area contributed by atoms with Gasteiger partial charge in [-0.05, 0) is 55.7 Å². The second-order valence-electron chi connectivity index (χ2n) is 8.03. The molecule has 1 atom stereocenters. The predicted octanol–water partition coefficient (Wildman–Crippen LogP) is 6.44. The normalized spacial score (nSPS) is 12.7. The molecular formula is C26H24F4N2O. The van der Waals surface area contributed by atoms with Gasteiger partial charge in [-0.1, -0.05) is 53.6 Å². The van der Waals surface area contributed by atoms with Crippen molar-refractivity contribution in [2.45, 2.75) is 39.4 Å². The number of aromatic nitrogens is 1. The summed E-state index contributed by atoms with van der Waals surface area (Å²) in [5.74, 6) is -3.26. The third-order valence-corrected chi connectivity index (χ3v) is 5.10. The van der Waals surface area contributed by atoms with E-state index < -0.39 is 23.8 Å². The maximum atomic E-state index is 14.5. The summed E-state index contributed by atoms with van der Waals surface area (Å²) in [6.07, 6.45) is -0.654. The van der Waals surface area contributed by atoms with Crippen LogP contribution >= 0.6 is 0 Å². The topological polar surface area (TPSA) is 42.0 Å². The summed E-state index contributed by atoms with van der Waals surface area (Å²) >= 11 is 0. The molecule has 0 fully saturated rings. The molecule has 3 nitrogen and oxygen atoms in total. The molecular weight excluding hydrogens is 432 g/mol. The number of amides is 1. The third kappa shape index (κ3) is 6.51. The summed E-state index contributed by atoms with van der Waals surface area (Å²) in [6, 6.07) is 12.1. The number of halogens is 4. The van der Waals surface area contributed by atoms with Gasteiger partial charge in [0.05, 0.1) is 11.5 Å². The molecule has 172 valence electrons. The number of hydrogen-bond donors (Lipinski definition) is 1. The van der Waals surface area contributed by atoms with Gasteiger partial charge >= 0.3 is 6.18 Å². The molecule has 1 unspecified atom stereocenters. The smallest absolute Gasteiger partial charge is 0.348 e. The van der Waals surface area contributed by atoms with E-state index in [2.05, 4.69) is 10.3 Å². The highest BCUT2D eigenvalue weighted by molar-refractivity contribution is 5.94. The molecule has 0 saturated carbocycles. The Labute approximate surface area is 190 Å². The van der Waals surface area contributed by atoms with Crippen LogP contribution in [0, 0.1) is 26.6 Å². The maximum absolute atomic E-state index is 14.5. The minimum absolute atomic E-state index is 0.123. The van der Waals surface area contributed by atoms with Crippen LogP contribution in [0.4, 0.5) is 17.6 Å². The van der Waals surface area contributed by atoms with Crippen molar-refractivity contribution < 1.29 is 22.4 Å². The van der Waals surface area contributed by atoms with Crippen LogP contribution in [0.25, 0.3) is 6.08 Å². The van der Waals surface area contributed by atoms with E-state index in [0.717, 1.165) is 34.5 Å². The van der Waals surface area contributed by atoms with E-state index >= 15 is 0 Å². The van der Waals surface area contributed by atoms with Crippen LogP contribution in [-0.4, -0.2) is 17.1 Å². The largest absolute Gasteiger partial charge is 0.399 e. The van der Waals surface area contributed by atoms with Gasteiger partial charge in [-0.3, -0.25) is 9.78 Å². The highest BCUT2D eigenvalue weighted by Crippen LogP contribution is 2.37. The van der Waals surface area contributed by atoms with Gasteiger partial charge in [0.25, 0.3) is 5.91 Å². The van der Waals surface area contributed by atoms with Gasteiger partial charge < -0.3 is 5.32 Å². The first-order valence-corrected chi connectivity index (χ1v) is 10.4. The summed E-state index contributed by atoms with van der Waals surface area (Å²) < 4.78 is 55.6. The van der Waals surface area contributed by atoms with Crippen molar-refractivity contribution >= 4 is 12.0 Å². The third-order valence-electron chi connectivity index (χ3n) is 5.10. The lowest BCUT2D eigenvalue weighted by atomic mass is 9.94. The fraction of sp³-hybridized carbons (Fsp3) is 0.231. The van der Waals surface area contributed by atoms with Crippen molar-refractivity contribution in [1.29, 1.82) is 0 Å². The monoisotopic (exact) mass is 456 g/mol. The van der Waals surface area contributed by atoms with E-state index in [1.807, 2.05) is 6.92 Å². The number of allylic oxidation sites excluding steroid dienone is 1. The molecule has 0 aliphatic heterocycles. The number of benzene rings is 2. The Bertz CT molecular complexity index is 1150. The molecule has 0 bridgehead atoms. The first-order chi connectivity index (χ1) is 15.5. The Hall–Kier alpha value is -3.48. The zero-order chi connectivity index (χ0) is 24.2. The molecule has 0 saturated heterocycles. The molecule has 0 aliphatic carbocycles. The highest BCUT2D eigenvalue weighted by Gasteiger charge is 2.39. The quantitative estimate of drug-likeness (QED) is 0.434. The summed E-state index contributed by atoms with van der Waals surface area (Å²) in [5.41, 5.74) is 3.23.